The molecule has 6 aromatic carbocycles. The van der Waals surface area contributed by atoms with Gasteiger partial charge in [0, 0.05) is 34.4 Å². The van der Waals surface area contributed by atoms with Crippen molar-refractivity contribution >= 4 is 45.3 Å². The van der Waals surface area contributed by atoms with Crippen LogP contribution in [0.2, 0.25) is 0 Å². The van der Waals surface area contributed by atoms with E-state index in [1.807, 2.05) is 100 Å². The molecule has 280 valence electrons. The third-order valence-corrected chi connectivity index (χ3v) is 8.67. The van der Waals surface area contributed by atoms with Crippen LogP contribution in [0.4, 0.5) is 22.7 Å². The summed E-state index contributed by atoms with van der Waals surface area (Å²) in [7, 11) is 0. The lowest BCUT2D eigenvalue weighted by atomic mass is 10.00. The van der Waals surface area contributed by atoms with Crippen molar-refractivity contribution in [3.05, 3.63) is 187 Å². The Morgan fingerprint density at radius 3 is 1.30 bits per heavy atom. The van der Waals surface area contributed by atoms with E-state index >= 15 is 0 Å². The van der Waals surface area contributed by atoms with Gasteiger partial charge in [0.1, 0.15) is 5.69 Å². The van der Waals surface area contributed by atoms with E-state index in [2.05, 4.69) is 0 Å². The number of fused-ring (bicyclic) bond motifs is 1. The number of carbonyl (C=O) groups is 2. The van der Waals surface area contributed by atoms with Gasteiger partial charge in [-0.3, -0.25) is 29.8 Å². The number of nitrogens with two attached hydrogens (primary N) is 2. The summed E-state index contributed by atoms with van der Waals surface area (Å²) in [5.74, 6) is -0.919. The van der Waals surface area contributed by atoms with Crippen molar-refractivity contribution in [2.45, 2.75) is 27.7 Å². The Bertz CT molecular complexity index is 2510. The van der Waals surface area contributed by atoms with Crippen LogP contribution in [0.5, 0.6) is 0 Å². The molecule has 56 heavy (non-hydrogen) atoms. The van der Waals surface area contributed by atoms with E-state index in [0.29, 0.717) is 33.5 Å². The van der Waals surface area contributed by atoms with Gasteiger partial charge in [0.05, 0.1) is 32.4 Å². The highest BCUT2D eigenvalue weighted by Gasteiger charge is 2.20. The first-order valence-corrected chi connectivity index (χ1v) is 17.3. The predicted octanol–water partition coefficient (Wildman–Crippen LogP) is 9.73. The number of benzene rings is 6. The molecule has 0 saturated carbocycles. The van der Waals surface area contributed by atoms with Crippen molar-refractivity contribution in [1.82, 2.24) is 9.97 Å². The first-order valence-electron chi connectivity index (χ1n) is 17.3. The maximum absolute atomic E-state index is 12.0. The summed E-state index contributed by atoms with van der Waals surface area (Å²) in [6.45, 7) is 7.92. The average Bonchev–Trinajstić information content (AvgIpc) is 3.19. The smallest absolute Gasteiger partial charge is 0.397 e. The minimum atomic E-state index is -0.564. The third kappa shape index (κ3) is 9.49. The number of nitrogens with zero attached hydrogens (tertiary/aromatic N) is 4. The van der Waals surface area contributed by atoms with Crippen LogP contribution < -0.4 is 11.5 Å². The molecule has 7 aromatic rings. The number of nitro benzene ring substituents is 2. The molecule has 0 unspecified atom stereocenters. The summed E-state index contributed by atoms with van der Waals surface area (Å²) in [5, 5.41) is 21.7. The van der Waals surface area contributed by atoms with Crippen molar-refractivity contribution in [2.24, 2.45) is 0 Å². The number of non-ortho nitro benzene ring substituents is 1. The molecule has 0 aliphatic heterocycles. The number of aromatic nitrogens is 2. The first-order chi connectivity index (χ1) is 26.7. The van der Waals surface area contributed by atoms with Crippen LogP contribution in [0.3, 0.4) is 0 Å². The normalized spacial score (nSPS) is 10.4. The quantitative estimate of drug-likeness (QED) is 0.0520. The van der Waals surface area contributed by atoms with E-state index in [1.54, 1.807) is 36.4 Å². The number of para-hydroxylation sites is 2. The molecule has 7 rings (SSSR count). The van der Waals surface area contributed by atoms with E-state index in [0.717, 1.165) is 33.4 Å². The van der Waals surface area contributed by atoms with Gasteiger partial charge in [-0.05, 0) is 39.8 Å². The van der Waals surface area contributed by atoms with Gasteiger partial charge < -0.3 is 11.5 Å². The number of ketones is 2. The van der Waals surface area contributed by atoms with Gasteiger partial charge in [0.15, 0.2) is 5.52 Å². The number of hydrogen-bond acceptors (Lipinski definition) is 10. The van der Waals surface area contributed by atoms with E-state index in [4.69, 9.17) is 21.4 Å². The largest absolute Gasteiger partial charge is 1.00 e. The molecule has 0 aliphatic rings. The standard InChI is InChI=1S/C22H17N3O2.C16H14O2.C6H7N3O2/c1-14-6-10-16(11-7-14)20-21(17-12-8-15(2)9-13-17)24-22-18(23-20)4-3-5-19(22)25(26)27;1-11-3-7-13(8-4-11)15(17)16(18)14-9-5-12(2)6-10-14;7-4-2-1-3-5(6(4)8)9(10)11/h3-13H,1-2H3;3-10H,1-2H3;1-3H,7-8H2/p+1. The zero-order valence-corrected chi connectivity index (χ0v) is 31.1. The lowest BCUT2D eigenvalue weighted by molar-refractivity contribution is -0.383. The van der Waals surface area contributed by atoms with Crippen LogP contribution >= 0.6 is 0 Å². The average molecular weight is 748 g/mol. The second-order valence-corrected chi connectivity index (χ2v) is 13.0. The van der Waals surface area contributed by atoms with E-state index in [1.165, 1.54) is 24.3 Å². The molecule has 0 atom stereocenters. The molecule has 1 heterocycles. The van der Waals surface area contributed by atoms with Gasteiger partial charge in [-0.2, -0.15) is 0 Å². The predicted molar refractivity (Wildman–Crippen MR) is 221 cm³/mol. The van der Waals surface area contributed by atoms with Gasteiger partial charge in [-0.25, -0.2) is 9.97 Å². The number of nitro groups is 2. The summed E-state index contributed by atoms with van der Waals surface area (Å²) < 4.78 is 0. The second kappa shape index (κ2) is 17.5. The molecule has 0 aliphatic carbocycles. The summed E-state index contributed by atoms with van der Waals surface area (Å²) in [6.07, 6.45) is 0. The maximum Gasteiger partial charge on any atom is 1.00 e. The Labute approximate surface area is 324 Å². The Balaban J connectivity index is 0.000000207. The van der Waals surface area contributed by atoms with Crippen LogP contribution in [-0.2, 0) is 0 Å². The number of aryl methyl sites for hydroxylation is 4. The molecule has 4 N–H and O–H groups in total. The number of nitrogen functional groups attached to an aromatic ring is 2. The Hall–Kier alpha value is -7.60. The van der Waals surface area contributed by atoms with Gasteiger partial charge in [-0.15, -0.1) is 0 Å². The fraction of sp³-hybridized carbons (Fsp3) is 0.0909. The lowest BCUT2D eigenvalue weighted by Gasteiger charge is -2.11. The van der Waals surface area contributed by atoms with E-state index < -0.39 is 21.4 Å². The van der Waals surface area contributed by atoms with Gasteiger partial charge in [-0.1, -0.05) is 131 Å². The molecular weight excluding hydrogens is 709 g/mol. The Morgan fingerprint density at radius 2 is 0.893 bits per heavy atom. The highest BCUT2D eigenvalue weighted by molar-refractivity contribution is 6.49. The number of carbonyl (C=O) groups excluding carboxylic acids is 2. The highest BCUT2D eigenvalue weighted by Crippen LogP contribution is 2.34. The number of Topliss-reactive ketones (excluding diaryl/α,β-unsaturated/α-hetero) is 2. The van der Waals surface area contributed by atoms with Crippen LogP contribution in [0.1, 0.15) is 44.4 Å². The van der Waals surface area contributed by atoms with Crippen LogP contribution in [0.15, 0.2) is 133 Å². The van der Waals surface area contributed by atoms with Gasteiger partial charge in [0.2, 0.25) is 11.6 Å². The summed E-state index contributed by atoms with van der Waals surface area (Å²) >= 11 is 0. The van der Waals surface area contributed by atoms with Crippen molar-refractivity contribution in [2.75, 3.05) is 11.5 Å². The maximum atomic E-state index is 12.0. The lowest BCUT2D eigenvalue weighted by Crippen LogP contribution is -2.14. The first kappa shape index (κ1) is 39.6. The van der Waals surface area contributed by atoms with Gasteiger partial charge >= 0.3 is 1.43 Å². The zero-order valence-electron chi connectivity index (χ0n) is 32.1. The van der Waals surface area contributed by atoms with Crippen LogP contribution in [0.25, 0.3) is 33.5 Å². The molecule has 0 bridgehead atoms. The number of hydrogen-bond donors (Lipinski definition) is 2. The molecule has 0 spiro atoms. The van der Waals surface area contributed by atoms with E-state index in [-0.39, 0.29) is 24.2 Å². The number of anilines is 2. The fourth-order valence-corrected chi connectivity index (χ4v) is 5.44. The zero-order chi connectivity index (χ0) is 40.5. The highest BCUT2D eigenvalue weighted by atomic mass is 16.6. The topological polar surface area (TPSA) is 198 Å². The number of rotatable bonds is 7. The minimum absolute atomic E-state index is 0. The molecular formula is C44H39N6O6+. The summed E-state index contributed by atoms with van der Waals surface area (Å²) in [4.78, 5) is 54.1. The fourth-order valence-electron chi connectivity index (χ4n) is 5.44. The van der Waals surface area contributed by atoms with Crippen LogP contribution in [0, 0.1) is 47.9 Å². The molecule has 0 amide bonds. The second-order valence-electron chi connectivity index (χ2n) is 13.0. The molecule has 12 nitrogen and oxygen atoms in total. The monoisotopic (exact) mass is 747 g/mol. The molecule has 1 aromatic heterocycles. The van der Waals surface area contributed by atoms with Gasteiger partial charge in [0.25, 0.3) is 11.4 Å². The summed E-state index contributed by atoms with van der Waals surface area (Å²) in [6, 6.07) is 39.2. The SMILES string of the molecule is Cc1ccc(-c2nc3cccc([N+](=O)[O-])c3nc2-c2ccc(C)cc2)cc1.Cc1ccc(C(=O)C(=O)c2ccc(C)cc2)cc1.Nc1cccc([N+](=O)[O-])c1N.[H+]. The van der Waals surface area contributed by atoms with Crippen molar-refractivity contribution < 1.29 is 20.9 Å². The molecule has 12 heteroatoms. The third-order valence-electron chi connectivity index (χ3n) is 8.67. The van der Waals surface area contributed by atoms with Crippen LogP contribution in [-0.4, -0.2) is 31.4 Å². The van der Waals surface area contributed by atoms with E-state index in [9.17, 15) is 29.8 Å². The Morgan fingerprint density at radius 1 is 0.518 bits per heavy atom. The molecule has 0 radical (unpaired) electrons. The minimum Gasteiger partial charge on any atom is -0.397 e. The molecule has 0 saturated heterocycles. The summed E-state index contributed by atoms with van der Waals surface area (Å²) in [5.41, 5.74) is 20.0. The van der Waals surface area contributed by atoms with Crippen molar-refractivity contribution in [1.29, 1.82) is 0 Å². The Kier molecular flexibility index (Phi) is 12.4. The van der Waals surface area contributed by atoms with Crippen molar-refractivity contribution in [3.8, 4) is 22.5 Å². The molecule has 0 fully saturated rings. The van der Waals surface area contributed by atoms with Crippen molar-refractivity contribution in [3.63, 3.8) is 0 Å².